The topological polar surface area (TPSA) is 47.9 Å². The Hall–Kier alpha value is -2.95. The third-order valence-electron chi connectivity index (χ3n) is 3.92. The molecule has 1 heterocycles. The van der Waals surface area contributed by atoms with E-state index in [1.807, 2.05) is 24.3 Å². The first-order chi connectivity index (χ1) is 12.7. The van der Waals surface area contributed by atoms with Gasteiger partial charge in [-0.15, -0.1) is 0 Å². The maximum absolute atomic E-state index is 13.8. The third-order valence-corrected chi connectivity index (χ3v) is 3.92. The second-order valence-corrected chi connectivity index (χ2v) is 5.94. The summed E-state index contributed by atoms with van der Waals surface area (Å²) in [5, 5.41) is 0. The van der Waals surface area contributed by atoms with Gasteiger partial charge in [0.2, 0.25) is 5.90 Å². The van der Waals surface area contributed by atoms with Crippen LogP contribution in [0.3, 0.4) is 0 Å². The number of nitrogens with zero attached hydrogens (tertiary/aromatic N) is 1. The van der Waals surface area contributed by atoms with Crippen LogP contribution in [0.5, 0.6) is 5.75 Å². The van der Waals surface area contributed by atoms with Crippen LogP contribution in [0.1, 0.15) is 37.3 Å². The van der Waals surface area contributed by atoms with Crippen molar-refractivity contribution in [1.82, 2.24) is 0 Å². The maximum atomic E-state index is 13.8. The summed E-state index contributed by atoms with van der Waals surface area (Å²) in [6, 6.07) is 13.4. The fourth-order valence-corrected chi connectivity index (χ4v) is 2.52. The van der Waals surface area contributed by atoms with Crippen molar-refractivity contribution in [2.24, 2.45) is 4.99 Å². The molecule has 0 bridgehead atoms. The van der Waals surface area contributed by atoms with Crippen molar-refractivity contribution >= 4 is 17.9 Å². The molecule has 0 unspecified atom stereocenters. The Bertz CT molecular complexity index is 841. The van der Waals surface area contributed by atoms with Crippen molar-refractivity contribution in [2.75, 3.05) is 6.61 Å². The summed E-state index contributed by atoms with van der Waals surface area (Å²) < 4.78 is 24.6. The Morgan fingerprint density at radius 3 is 2.62 bits per heavy atom. The molecule has 1 aliphatic rings. The minimum atomic E-state index is -0.594. The third kappa shape index (κ3) is 4.36. The summed E-state index contributed by atoms with van der Waals surface area (Å²) in [6.07, 6.45) is 4.94. The Morgan fingerprint density at radius 1 is 1.12 bits per heavy atom. The highest BCUT2D eigenvalue weighted by Crippen LogP contribution is 2.21. The van der Waals surface area contributed by atoms with Gasteiger partial charge in [0.1, 0.15) is 11.6 Å². The second kappa shape index (κ2) is 8.43. The van der Waals surface area contributed by atoms with Crippen molar-refractivity contribution in [1.29, 1.82) is 0 Å². The number of aliphatic imine (C=N–C) groups is 1. The molecule has 0 spiro atoms. The summed E-state index contributed by atoms with van der Waals surface area (Å²) in [6.45, 7) is 2.84. The molecule has 0 saturated heterocycles. The molecule has 0 aliphatic carbocycles. The van der Waals surface area contributed by atoms with E-state index in [2.05, 4.69) is 11.9 Å². The molecule has 0 fully saturated rings. The standard InChI is InChI=1S/C21H20FNO3/c1-2-3-6-13-25-16-11-9-15(10-12-16)14-19-21(24)26-20(23-19)17-7-4-5-8-18(17)22/h4-5,7-12,14H,2-3,6,13H2,1H3. The molecular weight excluding hydrogens is 333 g/mol. The number of unbranched alkanes of at least 4 members (excludes halogenated alkanes) is 2. The fraction of sp³-hybridized carbons (Fsp3) is 0.238. The van der Waals surface area contributed by atoms with Crippen LogP contribution >= 0.6 is 0 Å². The number of ether oxygens (including phenoxy) is 2. The smallest absolute Gasteiger partial charge is 0.363 e. The monoisotopic (exact) mass is 353 g/mol. The molecule has 2 aromatic rings. The molecule has 134 valence electrons. The minimum absolute atomic E-state index is 0.0183. The molecular formula is C21H20FNO3. The lowest BCUT2D eigenvalue weighted by Crippen LogP contribution is -2.07. The highest BCUT2D eigenvalue weighted by Gasteiger charge is 2.25. The quantitative estimate of drug-likeness (QED) is 0.410. The molecule has 2 aromatic carbocycles. The van der Waals surface area contributed by atoms with Gasteiger partial charge in [-0.3, -0.25) is 0 Å². The normalized spacial score (nSPS) is 15.1. The van der Waals surface area contributed by atoms with E-state index >= 15 is 0 Å². The Balaban J connectivity index is 1.71. The molecule has 0 saturated carbocycles. The zero-order chi connectivity index (χ0) is 18.4. The molecule has 1 aliphatic heterocycles. The maximum Gasteiger partial charge on any atom is 0.363 e. The first kappa shape index (κ1) is 17.9. The van der Waals surface area contributed by atoms with E-state index < -0.39 is 11.8 Å². The van der Waals surface area contributed by atoms with Crippen molar-refractivity contribution in [3.8, 4) is 5.75 Å². The van der Waals surface area contributed by atoms with E-state index in [-0.39, 0.29) is 17.2 Å². The van der Waals surface area contributed by atoms with E-state index in [1.165, 1.54) is 12.1 Å². The average molecular weight is 353 g/mol. The van der Waals surface area contributed by atoms with Gasteiger partial charge in [0.15, 0.2) is 5.70 Å². The lowest BCUT2D eigenvalue weighted by Gasteiger charge is -2.05. The zero-order valence-electron chi connectivity index (χ0n) is 14.6. The van der Waals surface area contributed by atoms with Gasteiger partial charge in [-0.1, -0.05) is 44.0 Å². The zero-order valence-corrected chi connectivity index (χ0v) is 14.6. The SMILES string of the molecule is CCCCCOc1ccc(C=C2N=C(c3ccccc3F)OC2=O)cc1. The highest BCUT2D eigenvalue weighted by atomic mass is 19.1. The van der Waals surface area contributed by atoms with Gasteiger partial charge in [-0.25, -0.2) is 14.2 Å². The van der Waals surface area contributed by atoms with Gasteiger partial charge in [0.05, 0.1) is 12.2 Å². The van der Waals surface area contributed by atoms with Crippen LogP contribution in [-0.2, 0) is 9.53 Å². The molecule has 26 heavy (non-hydrogen) atoms. The molecule has 0 radical (unpaired) electrons. The van der Waals surface area contributed by atoms with E-state index in [0.717, 1.165) is 30.6 Å². The lowest BCUT2D eigenvalue weighted by atomic mass is 10.2. The number of esters is 1. The van der Waals surface area contributed by atoms with Crippen LogP contribution < -0.4 is 4.74 Å². The van der Waals surface area contributed by atoms with Crippen LogP contribution in [-0.4, -0.2) is 18.5 Å². The Labute approximate surface area is 152 Å². The Kier molecular flexibility index (Phi) is 5.79. The average Bonchev–Trinajstić information content (AvgIpc) is 3.01. The molecule has 3 rings (SSSR count). The lowest BCUT2D eigenvalue weighted by molar-refractivity contribution is -0.129. The highest BCUT2D eigenvalue weighted by molar-refractivity contribution is 6.12. The summed E-state index contributed by atoms with van der Waals surface area (Å²) >= 11 is 0. The molecule has 0 N–H and O–H groups in total. The van der Waals surface area contributed by atoms with Gasteiger partial charge in [0.25, 0.3) is 0 Å². The van der Waals surface area contributed by atoms with Crippen molar-refractivity contribution < 1.29 is 18.7 Å². The van der Waals surface area contributed by atoms with Gasteiger partial charge in [-0.05, 0) is 42.3 Å². The number of hydrogen-bond donors (Lipinski definition) is 0. The van der Waals surface area contributed by atoms with Gasteiger partial charge in [-0.2, -0.15) is 0 Å². The second-order valence-electron chi connectivity index (χ2n) is 5.94. The van der Waals surface area contributed by atoms with E-state index in [1.54, 1.807) is 18.2 Å². The van der Waals surface area contributed by atoms with E-state index in [0.29, 0.717) is 6.61 Å². The van der Waals surface area contributed by atoms with E-state index in [9.17, 15) is 9.18 Å². The van der Waals surface area contributed by atoms with E-state index in [4.69, 9.17) is 9.47 Å². The molecule has 4 nitrogen and oxygen atoms in total. The number of carbonyl (C=O) groups is 1. The van der Waals surface area contributed by atoms with Gasteiger partial charge in [0, 0.05) is 0 Å². The number of rotatable bonds is 7. The summed E-state index contributed by atoms with van der Waals surface area (Å²) in [5.41, 5.74) is 1.09. The molecule has 0 aromatic heterocycles. The summed E-state index contributed by atoms with van der Waals surface area (Å²) in [7, 11) is 0. The number of cyclic esters (lactones) is 1. The van der Waals surface area contributed by atoms with Gasteiger partial charge >= 0.3 is 5.97 Å². The summed E-state index contributed by atoms with van der Waals surface area (Å²) in [4.78, 5) is 16.1. The largest absolute Gasteiger partial charge is 0.494 e. The van der Waals surface area contributed by atoms with Gasteiger partial charge < -0.3 is 9.47 Å². The first-order valence-electron chi connectivity index (χ1n) is 8.67. The number of hydrogen-bond acceptors (Lipinski definition) is 4. The predicted molar refractivity (Wildman–Crippen MR) is 98.5 cm³/mol. The van der Waals surface area contributed by atoms with Crippen molar-refractivity contribution in [3.05, 3.63) is 71.2 Å². The van der Waals surface area contributed by atoms with Crippen LogP contribution in [0.25, 0.3) is 6.08 Å². The Morgan fingerprint density at radius 2 is 1.88 bits per heavy atom. The molecule has 5 heteroatoms. The van der Waals surface area contributed by atoms with Crippen molar-refractivity contribution in [2.45, 2.75) is 26.2 Å². The van der Waals surface area contributed by atoms with Crippen LogP contribution in [0, 0.1) is 5.82 Å². The summed E-state index contributed by atoms with van der Waals surface area (Å²) in [5.74, 6) is -0.309. The number of halogens is 1. The van der Waals surface area contributed by atoms with Crippen LogP contribution in [0.4, 0.5) is 4.39 Å². The minimum Gasteiger partial charge on any atom is -0.494 e. The molecule has 0 amide bonds. The van der Waals surface area contributed by atoms with Crippen LogP contribution in [0.2, 0.25) is 0 Å². The predicted octanol–water partition coefficient (Wildman–Crippen LogP) is 4.74. The fourth-order valence-electron chi connectivity index (χ4n) is 2.52. The molecule has 0 atom stereocenters. The van der Waals surface area contributed by atoms with Crippen molar-refractivity contribution in [3.63, 3.8) is 0 Å². The van der Waals surface area contributed by atoms with Crippen LogP contribution in [0.15, 0.2) is 59.2 Å². The first-order valence-corrected chi connectivity index (χ1v) is 8.67. The number of benzene rings is 2. The number of carbonyl (C=O) groups excluding carboxylic acids is 1.